The van der Waals surface area contributed by atoms with E-state index >= 15 is 0 Å². The van der Waals surface area contributed by atoms with Crippen LogP contribution in [0.15, 0.2) is 11.6 Å². The summed E-state index contributed by atoms with van der Waals surface area (Å²) in [5.41, 5.74) is -0.588. The molecule has 3 fully saturated rings. The highest BCUT2D eigenvalue weighted by atomic mass is 16.3. The van der Waals surface area contributed by atoms with Crippen LogP contribution >= 0.6 is 0 Å². The molecule has 4 nitrogen and oxygen atoms in total. The van der Waals surface area contributed by atoms with Crippen molar-refractivity contribution in [1.82, 2.24) is 0 Å². The Balaban J connectivity index is 1.72. The summed E-state index contributed by atoms with van der Waals surface area (Å²) in [4.78, 5) is 12.2. The molecule has 3 N–H and O–H groups in total. The fourth-order valence-electron chi connectivity index (χ4n) is 7.35. The van der Waals surface area contributed by atoms with E-state index in [0.29, 0.717) is 30.6 Å². The summed E-state index contributed by atoms with van der Waals surface area (Å²) in [6.45, 7) is 5.90. The standard InChI is InChI=1S/C21H32O4/c1-12(22)21(25)9-6-16-14-11-18(24)17-10-13(23)4-7-19(17,2)15(14)5-8-20(16,21)3/h10,13-16,18,23-25H,4-9,11H2,1-3H3/t13?,14-,15+,16+,18?,19-,20+,21+/m1/s1. The lowest BCUT2D eigenvalue weighted by molar-refractivity contribution is -0.162. The molecule has 0 aromatic rings. The van der Waals surface area contributed by atoms with Gasteiger partial charge >= 0.3 is 0 Å². The Morgan fingerprint density at radius 3 is 2.44 bits per heavy atom. The first-order valence-corrected chi connectivity index (χ1v) is 9.95. The van der Waals surface area contributed by atoms with E-state index in [4.69, 9.17) is 0 Å². The fourth-order valence-corrected chi connectivity index (χ4v) is 7.35. The van der Waals surface area contributed by atoms with E-state index in [9.17, 15) is 20.1 Å². The smallest absolute Gasteiger partial charge is 0.161 e. The average molecular weight is 348 g/mol. The molecule has 0 aliphatic heterocycles. The minimum atomic E-state index is -1.20. The van der Waals surface area contributed by atoms with Crippen molar-refractivity contribution in [2.45, 2.75) is 83.5 Å². The molecule has 0 saturated heterocycles. The van der Waals surface area contributed by atoms with Gasteiger partial charge in [0.15, 0.2) is 5.78 Å². The SMILES string of the molecule is CC(=O)[C@@]1(O)CC[C@H]2[C@@H]3CC(O)C4=CC(O)CC[C@]4(C)[C@H]3CC[C@@]21C. The Labute approximate surface area is 150 Å². The number of rotatable bonds is 1. The molecule has 4 rings (SSSR count). The van der Waals surface area contributed by atoms with Gasteiger partial charge in [0.1, 0.15) is 5.60 Å². The molecule has 0 aromatic carbocycles. The third-order valence-electron chi connectivity index (χ3n) is 8.83. The summed E-state index contributed by atoms with van der Waals surface area (Å²) in [6, 6.07) is 0. The van der Waals surface area contributed by atoms with Crippen molar-refractivity contribution in [1.29, 1.82) is 0 Å². The predicted molar refractivity (Wildman–Crippen MR) is 94.7 cm³/mol. The molecule has 4 aliphatic rings. The summed E-state index contributed by atoms with van der Waals surface area (Å²) < 4.78 is 0. The van der Waals surface area contributed by atoms with Crippen molar-refractivity contribution < 1.29 is 20.1 Å². The zero-order valence-corrected chi connectivity index (χ0v) is 15.7. The van der Waals surface area contributed by atoms with Gasteiger partial charge < -0.3 is 15.3 Å². The van der Waals surface area contributed by atoms with Crippen molar-refractivity contribution >= 4 is 5.78 Å². The molecule has 4 aliphatic carbocycles. The zero-order chi connectivity index (χ0) is 18.2. The molecule has 0 aromatic heterocycles. The highest BCUT2D eigenvalue weighted by molar-refractivity contribution is 5.86. The first-order valence-electron chi connectivity index (χ1n) is 9.95. The van der Waals surface area contributed by atoms with Crippen LogP contribution in [0.1, 0.15) is 65.7 Å². The van der Waals surface area contributed by atoms with E-state index in [1.165, 1.54) is 6.92 Å². The van der Waals surface area contributed by atoms with Crippen LogP contribution in [0.5, 0.6) is 0 Å². The van der Waals surface area contributed by atoms with Crippen molar-refractivity contribution in [2.24, 2.45) is 28.6 Å². The summed E-state index contributed by atoms with van der Waals surface area (Å²) in [7, 11) is 0. The molecule has 140 valence electrons. The van der Waals surface area contributed by atoms with Crippen LogP contribution in [0.3, 0.4) is 0 Å². The molecule has 8 atom stereocenters. The number of aliphatic hydroxyl groups is 3. The number of carbonyl (C=O) groups excluding carboxylic acids is 1. The number of hydrogen-bond acceptors (Lipinski definition) is 4. The van der Waals surface area contributed by atoms with Gasteiger partial charge in [-0.1, -0.05) is 19.9 Å². The largest absolute Gasteiger partial charge is 0.389 e. The van der Waals surface area contributed by atoms with Crippen LogP contribution in [0.25, 0.3) is 0 Å². The maximum Gasteiger partial charge on any atom is 0.161 e. The summed E-state index contributed by atoms with van der Waals surface area (Å²) >= 11 is 0. The highest BCUT2D eigenvalue weighted by Gasteiger charge is 2.66. The maximum absolute atomic E-state index is 12.2. The van der Waals surface area contributed by atoms with Crippen LogP contribution in [0.2, 0.25) is 0 Å². The quantitative estimate of drug-likeness (QED) is 0.637. The second-order valence-electron chi connectivity index (χ2n) is 9.69. The number of Topliss-reactive ketones (excluding diaryl/α,β-unsaturated/α-hetero) is 1. The molecular formula is C21H32O4. The van der Waals surface area contributed by atoms with Crippen LogP contribution < -0.4 is 0 Å². The monoisotopic (exact) mass is 348 g/mol. The first kappa shape index (κ1) is 17.7. The third-order valence-corrected chi connectivity index (χ3v) is 8.83. The molecule has 25 heavy (non-hydrogen) atoms. The van der Waals surface area contributed by atoms with Crippen LogP contribution in [0.4, 0.5) is 0 Å². The number of hydrogen-bond donors (Lipinski definition) is 3. The predicted octanol–water partition coefficient (Wildman–Crippen LogP) is 2.60. The molecule has 4 heteroatoms. The Kier molecular flexibility index (Phi) is 3.82. The molecule has 0 radical (unpaired) electrons. The number of fused-ring (bicyclic) bond motifs is 5. The molecule has 0 heterocycles. The zero-order valence-electron chi connectivity index (χ0n) is 15.7. The van der Waals surface area contributed by atoms with E-state index in [1.54, 1.807) is 0 Å². The van der Waals surface area contributed by atoms with Crippen molar-refractivity contribution in [3.05, 3.63) is 11.6 Å². The Hall–Kier alpha value is -0.710. The number of ketones is 1. The van der Waals surface area contributed by atoms with Crippen LogP contribution in [-0.4, -0.2) is 38.9 Å². The van der Waals surface area contributed by atoms with Gasteiger partial charge in [-0.2, -0.15) is 0 Å². The minimum absolute atomic E-state index is 0.0557. The van der Waals surface area contributed by atoms with Gasteiger partial charge in [0, 0.05) is 5.41 Å². The summed E-state index contributed by atoms with van der Waals surface area (Å²) in [5, 5.41) is 32.1. The number of carbonyl (C=O) groups is 1. The Bertz CT molecular complexity index is 627. The van der Waals surface area contributed by atoms with E-state index in [-0.39, 0.29) is 16.6 Å². The second-order valence-corrected chi connectivity index (χ2v) is 9.69. The van der Waals surface area contributed by atoms with Crippen LogP contribution in [-0.2, 0) is 4.79 Å². The second kappa shape index (κ2) is 5.40. The lowest BCUT2D eigenvalue weighted by Crippen LogP contribution is -2.58. The molecule has 0 spiro atoms. The highest BCUT2D eigenvalue weighted by Crippen LogP contribution is 2.67. The van der Waals surface area contributed by atoms with E-state index in [1.807, 2.05) is 6.08 Å². The number of aliphatic hydroxyl groups excluding tert-OH is 2. The lowest BCUT2D eigenvalue weighted by atomic mass is 9.45. The summed E-state index contributed by atoms with van der Waals surface area (Å²) in [6.07, 6.45) is 6.63. The van der Waals surface area contributed by atoms with Gasteiger partial charge in [0.2, 0.25) is 0 Å². The first-order chi connectivity index (χ1) is 11.6. The normalized spacial score (nSPS) is 55.0. The average Bonchev–Trinajstić information content (AvgIpc) is 2.83. The molecule has 3 saturated carbocycles. The van der Waals surface area contributed by atoms with Crippen molar-refractivity contribution in [3.8, 4) is 0 Å². The van der Waals surface area contributed by atoms with Crippen LogP contribution in [0, 0.1) is 28.6 Å². The summed E-state index contributed by atoms with van der Waals surface area (Å²) in [5.74, 6) is 1.02. The fraction of sp³-hybridized carbons (Fsp3) is 0.857. The van der Waals surface area contributed by atoms with E-state index in [0.717, 1.165) is 37.7 Å². The Morgan fingerprint density at radius 1 is 1.08 bits per heavy atom. The molecule has 0 bridgehead atoms. The third kappa shape index (κ3) is 2.14. The lowest BCUT2D eigenvalue weighted by Gasteiger charge is -2.60. The topological polar surface area (TPSA) is 77.8 Å². The van der Waals surface area contributed by atoms with E-state index < -0.39 is 17.8 Å². The van der Waals surface area contributed by atoms with Gasteiger partial charge in [-0.25, -0.2) is 0 Å². The molecular weight excluding hydrogens is 316 g/mol. The van der Waals surface area contributed by atoms with Gasteiger partial charge in [0.25, 0.3) is 0 Å². The van der Waals surface area contributed by atoms with Gasteiger partial charge in [-0.3, -0.25) is 4.79 Å². The van der Waals surface area contributed by atoms with Gasteiger partial charge in [0.05, 0.1) is 12.2 Å². The van der Waals surface area contributed by atoms with Crippen molar-refractivity contribution in [2.75, 3.05) is 0 Å². The minimum Gasteiger partial charge on any atom is -0.389 e. The van der Waals surface area contributed by atoms with Gasteiger partial charge in [-0.05, 0) is 80.6 Å². The van der Waals surface area contributed by atoms with Gasteiger partial charge in [-0.15, -0.1) is 0 Å². The van der Waals surface area contributed by atoms with Crippen molar-refractivity contribution in [3.63, 3.8) is 0 Å². The maximum atomic E-state index is 12.2. The molecule has 2 unspecified atom stereocenters. The molecule has 0 amide bonds. The van der Waals surface area contributed by atoms with E-state index in [2.05, 4.69) is 13.8 Å². The Morgan fingerprint density at radius 2 is 1.76 bits per heavy atom.